The van der Waals surface area contributed by atoms with Gasteiger partial charge in [0.15, 0.2) is 0 Å². The molecule has 31 heavy (non-hydrogen) atoms. The number of rotatable bonds is 10. The van der Waals surface area contributed by atoms with Crippen molar-refractivity contribution in [1.29, 1.82) is 0 Å². The lowest BCUT2D eigenvalue weighted by molar-refractivity contribution is 0.216. The van der Waals surface area contributed by atoms with Crippen LogP contribution in [0.3, 0.4) is 0 Å². The van der Waals surface area contributed by atoms with Crippen molar-refractivity contribution in [2.75, 3.05) is 18.5 Å². The molecule has 0 saturated heterocycles. The second-order valence-electron chi connectivity index (χ2n) is 6.53. The van der Waals surface area contributed by atoms with Crippen molar-refractivity contribution in [3.8, 4) is 11.5 Å². The summed E-state index contributed by atoms with van der Waals surface area (Å²) < 4.78 is 11.7. The van der Waals surface area contributed by atoms with Gasteiger partial charge >= 0.3 is 6.03 Å². The van der Waals surface area contributed by atoms with Crippen LogP contribution in [0.4, 0.5) is 10.5 Å². The van der Waals surface area contributed by atoms with E-state index in [0.717, 1.165) is 23.3 Å². The number of benzene rings is 3. The molecule has 6 nitrogen and oxygen atoms in total. The predicted molar refractivity (Wildman–Crippen MR) is 124 cm³/mol. The van der Waals surface area contributed by atoms with Crippen LogP contribution in [0.25, 0.3) is 0 Å². The Balaban J connectivity index is 1.49. The third kappa shape index (κ3) is 7.04. The molecule has 0 bridgehead atoms. The van der Waals surface area contributed by atoms with E-state index < -0.39 is 6.03 Å². The molecule has 3 aromatic rings. The second kappa shape index (κ2) is 11.8. The van der Waals surface area contributed by atoms with Crippen LogP contribution in [0.5, 0.6) is 11.5 Å². The molecule has 3 aromatic carbocycles. The lowest BCUT2D eigenvalue weighted by Gasteiger charge is -2.12. The Bertz CT molecular complexity index is 1020. The number of nitrogens with zero attached hydrogens (tertiary/aromatic N) is 1. The number of allylic oxidation sites excluding steroid dienone is 1. The number of urea groups is 1. The summed E-state index contributed by atoms with van der Waals surface area (Å²) in [6.07, 6.45) is 4.14. The molecule has 3 rings (SSSR count). The quantitative estimate of drug-likeness (QED) is 0.211. The Morgan fingerprint density at radius 1 is 0.871 bits per heavy atom. The molecule has 0 aliphatic carbocycles. The monoisotopic (exact) mass is 415 g/mol. The lowest BCUT2D eigenvalue weighted by atomic mass is 10.1. The summed E-state index contributed by atoms with van der Waals surface area (Å²) in [6, 6.07) is 24.1. The molecule has 158 valence electrons. The van der Waals surface area contributed by atoms with Gasteiger partial charge in [-0.1, -0.05) is 54.6 Å². The molecule has 0 unspecified atom stereocenters. The second-order valence-corrected chi connectivity index (χ2v) is 6.53. The normalized spacial score (nSPS) is 10.5. The molecule has 0 aromatic heterocycles. The van der Waals surface area contributed by atoms with Crippen LogP contribution in [0, 0.1) is 0 Å². The third-order valence-electron chi connectivity index (χ3n) is 4.26. The molecule has 6 heteroatoms. The fraction of sp³-hybridized carbons (Fsp3) is 0.120. The summed E-state index contributed by atoms with van der Waals surface area (Å²) in [5.74, 6) is 1.48. The highest BCUT2D eigenvalue weighted by molar-refractivity contribution is 5.90. The first-order valence-electron chi connectivity index (χ1n) is 9.95. The van der Waals surface area contributed by atoms with E-state index in [1.807, 2.05) is 72.8 Å². The zero-order valence-electron chi connectivity index (χ0n) is 17.2. The molecule has 0 radical (unpaired) electrons. The van der Waals surface area contributed by atoms with Crippen molar-refractivity contribution in [1.82, 2.24) is 5.43 Å². The van der Waals surface area contributed by atoms with E-state index in [1.54, 1.807) is 18.3 Å². The van der Waals surface area contributed by atoms with E-state index in [2.05, 4.69) is 22.4 Å². The van der Waals surface area contributed by atoms with E-state index >= 15 is 0 Å². The van der Waals surface area contributed by atoms with Gasteiger partial charge in [0.25, 0.3) is 0 Å². The minimum atomic E-state index is -0.424. The van der Waals surface area contributed by atoms with Crippen LogP contribution in [-0.4, -0.2) is 25.5 Å². The zero-order chi connectivity index (χ0) is 21.7. The van der Waals surface area contributed by atoms with Crippen LogP contribution in [0.2, 0.25) is 0 Å². The van der Waals surface area contributed by atoms with Crippen molar-refractivity contribution in [2.24, 2.45) is 5.10 Å². The van der Waals surface area contributed by atoms with Gasteiger partial charge in [-0.2, -0.15) is 5.10 Å². The Morgan fingerprint density at radius 3 is 2.29 bits per heavy atom. The third-order valence-corrected chi connectivity index (χ3v) is 4.26. The average Bonchev–Trinajstić information content (AvgIpc) is 2.79. The van der Waals surface area contributed by atoms with Gasteiger partial charge in [-0.3, -0.25) is 0 Å². The first-order chi connectivity index (χ1) is 15.3. The number of para-hydroxylation sites is 3. The summed E-state index contributed by atoms with van der Waals surface area (Å²) in [7, 11) is 0. The summed E-state index contributed by atoms with van der Waals surface area (Å²) >= 11 is 0. The first kappa shape index (κ1) is 21.6. The zero-order valence-corrected chi connectivity index (χ0v) is 17.2. The summed E-state index contributed by atoms with van der Waals surface area (Å²) in [5.41, 5.74) is 4.97. The molecule has 0 saturated carbocycles. The molecule has 0 aliphatic rings. The van der Waals surface area contributed by atoms with Crippen LogP contribution < -0.4 is 20.2 Å². The van der Waals surface area contributed by atoms with E-state index in [9.17, 15) is 4.79 Å². The van der Waals surface area contributed by atoms with Gasteiger partial charge in [-0.15, -0.1) is 6.58 Å². The predicted octanol–water partition coefficient (Wildman–Crippen LogP) is 5.03. The number of carbonyl (C=O) groups is 1. The molecule has 0 spiro atoms. The van der Waals surface area contributed by atoms with Gasteiger partial charge in [0.05, 0.1) is 6.21 Å². The summed E-state index contributed by atoms with van der Waals surface area (Å²) in [6.45, 7) is 4.55. The van der Waals surface area contributed by atoms with Crippen molar-refractivity contribution >= 4 is 17.9 Å². The summed E-state index contributed by atoms with van der Waals surface area (Å²) in [4.78, 5) is 11.9. The van der Waals surface area contributed by atoms with Crippen LogP contribution >= 0.6 is 0 Å². The van der Waals surface area contributed by atoms with E-state index in [0.29, 0.717) is 24.7 Å². The van der Waals surface area contributed by atoms with Gasteiger partial charge in [-0.05, 0) is 42.3 Å². The van der Waals surface area contributed by atoms with Crippen LogP contribution in [-0.2, 0) is 6.42 Å². The van der Waals surface area contributed by atoms with Crippen molar-refractivity contribution in [3.05, 3.63) is 103 Å². The van der Waals surface area contributed by atoms with Gasteiger partial charge in [-0.25, -0.2) is 10.2 Å². The molecule has 2 amide bonds. The highest BCUT2D eigenvalue weighted by Gasteiger charge is 2.04. The minimum Gasteiger partial charge on any atom is -0.490 e. The number of carbonyl (C=O) groups excluding carboxylic acids is 1. The van der Waals surface area contributed by atoms with E-state index in [1.165, 1.54) is 0 Å². The molecule has 0 heterocycles. The molecular formula is C25H25N3O3. The van der Waals surface area contributed by atoms with Crippen molar-refractivity contribution in [2.45, 2.75) is 6.42 Å². The largest absolute Gasteiger partial charge is 0.490 e. The van der Waals surface area contributed by atoms with Crippen molar-refractivity contribution in [3.63, 3.8) is 0 Å². The van der Waals surface area contributed by atoms with E-state index in [4.69, 9.17) is 9.47 Å². The standard InChI is InChI=1S/C25H25N3O3/c1-2-10-20-11-6-8-15-23(20)30-17-18-31-24-16-9-7-12-21(24)19-26-28-25(29)27-22-13-4-3-5-14-22/h2-9,11-16,19H,1,10,17-18H2,(H2,27,28,29)/b26-19-. The lowest BCUT2D eigenvalue weighted by Crippen LogP contribution is -2.24. The van der Waals surface area contributed by atoms with Gasteiger partial charge in [0.2, 0.25) is 0 Å². The maximum Gasteiger partial charge on any atom is 0.339 e. The van der Waals surface area contributed by atoms with Gasteiger partial charge in [0, 0.05) is 11.3 Å². The fourth-order valence-corrected chi connectivity index (χ4v) is 2.83. The fourth-order valence-electron chi connectivity index (χ4n) is 2.83. The molecule has 0 aliphatic heterocycles. The topological polar surface area (TPSA) is 72.0 Å². The number of nitrogens with one attached hydrogen (secondary N) is 2. The number of anilines is 1. The smallest absolute Gasteiger partial charge is 0.339 e. The Morgan fingerprint density at radius 2 is 1.52 bits per heavy atom. The average molecular weight is 415 g/mol. The summed E-state index contributed by atoms with van der Waals surface area (Å²) in [5, 5.41) is 6.69. The maximum atomic E-state index is 11.9. The van der Waals surface area contributed by atoms with E-state index in [-0.39, 0.29) is 0 Å². The molecule has 0 fully saturated rings. The number of hydrazone groups is 1. The first-order valence-corrected chi connectivity index (χ1v) is 9.95. The number of hydrogen-bond acceptors (Lipinski definition) is 4. The molecule has 0 atom stereocenters. The number of amides is 2. The number of ether oxygens (including phenoxy) is 2. The number of hydrogen-bond donors (Lipinski definition) is 2. The Kier molecular flexibility index (Phi) is 8.26. The highest BCUT2D eigenvalue weighted by atomic mass is 16.5. The van der Waals surface area contributed by atoms with Crippen LogP contribution in [0.15, 0.2) is 96.6 Å². The van der Waals surface area contributed by atoms with Crippen LogP contribution in [0.1, 0.15) is 11.1 Å². The Labute approximate surface area is 182 Å². The Hall–Kier alpha value is -4.06. The van der Waals surface area contributed by atoms with Crippen molar-refractivity contribution < 1.29 is 14.3 Å². The molecule has 2 N–H and O–H groups in total. The van der Waals surface area contributed by atoms with Gasteiger partial charge < -0.3 is 14.8 Å². The maximum absolute atomic E-state index is 11.9. The molecular weight excluding hydrogens is 390 g/mol. The SMILES string of the molecule is C=CCc1ccccc1OCCOc1ccccc1/C=N\NC(=O)Nc1ccccc1. The van der Waals surface area contributed by atoms with Gasteiger partial charge in [0.1, 0.15) is 24.7 Å². The highest BCUT2D eigenvalue weighted by Crippen LogP contribution is 2.19. The minimum absolute atomic E-state index is 0.370.